The highest BCUT2D eigenvalue weighted by molar-refractivity contribution is 6.30. The smallest absolute Gasteiger partial charge is 0.316 e. The molecule has 0 saturated carbocycles. The van der Waals surface area contributed by atoms with Crippen molar-refractivity contribution in [3.63, 3.8) is 0 Å². The number of unbranched alkanes of at least 4 members (excludes halogenated alkanes) is 2. The van der Waals surface area contributed by atoms with E-state index in [4.69, 9.17) is 4.72 Å². The molecule has 0 fully saturated rings. The van der Waals surface area contributed by atoms with Crippen LogP contribution in [0.25, 0.3) is 0 Å². The molecule has 0 saturated heterocycles. The van der Waals surface area contributed by atoms with Gasteiger partial charge in [-0.25, -0.2) is 0 Å². The van der Waals surface area contributed by atoms with Crippen molar-refractivity contribution < 1.29 is 0 Å². The van der Waals surface area contributed by atoms with Gasteiger partial charge in [0.25, 0.3) is 0 Å². The first-order chi connectivity index (χ1) is 3.41. The summed E-state index contributed by atoms with van der Waals surface area (Å²) in [4.78, 5) is 0. The van der Waals surface area contributed by atoms with Crippen molar-refractivity contribution in [3.05, 3.63) is 0 Å². The van der Waals surface area contributed by atoms with Gasteiger partial charge in [-0.05, 0) is 0 Å². The summed E-state index contributed by atoms with van der Waals surface area (Å²) in [6, 6.07) is 0. The van der Waals surface area contributed by atoms with Crippen molar-refractivity contribution in [3.8, 4) is 0 Å². The van der Waals surface area contributed by atoms with E-state index < -0.39 is 0 Å². The Hall–Kier alpha value is 0.492. The highest BCUT2D eigenvalue weighted by Crippen LogP contribution is 1.95. The minimum atomic E-state index is 0.281. The van der Waals surface area contributed by atoms with Crippen LogP contribution in [-0.4, -0.2) is 15.4 Å². The molecule has 41 valence electrons. The van der Waals surface area contributed by atoms with E-state index in [-0.39, 0.29) is 15.4 Å². The van der Waals surface area contributed by atoms with E-state index in [9.17, 15) is 0 Å². The van der Waals surface area contributed by atoms with Gasteiger partial charge >= 0.3 is 15.4 Å². The van der Waals surface area contributed by atoms with Crippen LogP contribution in [0.2, 0.25) is 5.28 Å². The summed E-state index contributed by atoms with van der Waals surface area (Å²) < 4.78 is 5.35. The molecule has 7 heavy (non-hydrogen) atoms. The summed E-state index contributed by atoms with van der Waals surface area (Å²) in [7, 11) is 0. The minimum absolute atomic E-state index is 0.281. The monoisotopic (exact) mass is 114 g/mol. The predicted molar refractivity (Wildman–Crippen MR) is 34.3 cm³/mol. The van der Waals surface area contributed by atoms with Crippen molar-refractivity contribution in [2.24, 2.45) is 4.72 Å². The molecule has 0 aromatic rings. The third kappa shape index (κ3) is 6.49. The van der Waals surface area contributed by atoms with Gasteiger partial charge in [-0.3, -0.25) is 0 Å². The minimum Gasteiger partial charge on any atom is -0.420 e. The van der Waals surface area contributed by atoms with Crippen molar-refractivity contribution in [1.29, 1.82) is 0 Å². The topological polar surface area (TPSA) is 26.0 Å². The Kier molecular flexibility index (Phi) is 6.95. The molecule has 0 heterocycles. The fourth-order valence-corrected chi connectivity index (χ4v) is 1.04. The van der Waals surface area contributed by atoms with Gasteiger partial charge in [0.15, 0.2) is 0 Å². The van der Waals surface area contributed by atoms with Crippen LogP contribution >= 0.6 is 0 Å². The van der Waals surface area contributed by atoms with E-state index in [1.807, 2.05) is 0 Å². The van der Waals surface area contributed by atoms with Gasteiger partial charge in [-0.2, -0.15) is 0 Å². The summed E-state index contributed by atoms with van der Waals surface area (Å²) >= 11 is 0.281. The summed E-state index contributed by atoms with van der Waals surface area (Å²) in [5, 5.41) is 1.29. The lowest BCUT2D eigenvalue weighted by Crippen LogP contribution is -2.02. The Bertz CT molecular complexity index is 27.3. The van der Waals surface area contributed by atoms with Crippen LogP contribution in [0.1, 0.15) is 26.2 Å². The van der Waals surface area contributed by atoms with Crippen LogP contribution in [0.5, 0.6) is 0 Å². The Morgan fingerprint density at radius 1 is 1.43 bits per heavy atom. The maximum atomic E-state index is 5.35. The van der Waals surface area contributed by atoms with E-state index >= 15 is 0 Å². The van der Waals surface area contributed by atoms with Gasteiger partial charge < -0.3 is 4.72 Å². The molecular weight excluding hydrogens is 101 g/mol. The zero-order valence-electron chi connectivity index (χ0n) is 4.98. The van der Waals surface area contributed by atoms with Crippen LogP contribution in [-0.2, 0) is 0 Å². The Morgan fingerprint density at radius 3 is 2.57 bits per heavy atom. The maximum Gasteiger partial charge on any atom is 0.316 e. The molecule has 2 N–H and O–H groups in total. The lowest BCUT2D eigenvalue weighted by Gasteiger charge is -1.89. The van der Waals surface area contributed by atoms with Gasteiger partial charge in [0.05, 0.1) is 0 Å². The molecular formula is C5H13AlN. The molecule has 1 nitrogen and oxygen atoms in total. The van der Waals surface area contributed by atoms with Crippen molar-refractivity contribution in [2.75, 3.05) is 0 Å². The Balaban J connectivity index is 2.45. The predicted octanol–water partition coefficient (Wildman–Crippen LogP) is 1.17. The van der Waals surface area contributed by atoms with E-state index in [0.717, 1.165) is 0 Å². The second kappa shape index (κ2) is 6.49. The average molecular weight is 114 g/mol. The molecule has 0 bridgehead atoms. The molecule has 0 rings (SSSR count). The molecule has 0 spiro atoms. The summed E-state index contributed by atoms with van der Waals surface area (Å²) in [6.45, 7) is 2.21. The average Bonchev–Trinajstić information content (AvgIpc) is 1.69. The molecule has 0 unspecified atom stereocenters. The molecule has 0 amide bonds. The van der Waals surface area contributed by atoms with Gasteiger partial charge in [0.2, 0.25) is 0 Å². The van der Waals surface area contributed by atoms with Gasteiger partial charge in [-0.15, -0.1) is 0 Å². The van der Waals surface area contributed by atoms with E-state index in [1.54, 1.807) is 0 Å². The molecule has 0 aliphatic heterocycles. The normalized spacial score (nSPS) is 8.86. The number of hydrogen-bond acceptors (Lipinski definition) is 1. The third-order valence-corrected chi connectivity index (χ3v) is 1.72. The molecule has 1 radical (unpaired) electrons. The van der Waals surface area contributed by atoms with Crippen LogP contribution in [0, 0.1) is 0 Å². The lowest BCUT2D eigenvalue weighted by molar-refractivity contribution is 0.768. The standard InChI is InChI=1S/C5H11.Al.H2N/c1-3-5-4-2;;/h1,3-5H2,2H3;;1H2/q;+1;-1. The van der Waals surface area contributed by atoms with Crippen LogP contribution in [0.3, 0.4) is 0 Å². The fraction of sp³-hybridized carbons (Fsp3) is 1.00. The fourth-order valence-electron chi connectivity index (χ4n) is 0.512. The Labute approximate surface area is 52.2 Å². The second-order valence-electron chi connectivity index (χ2n) is 1.73. The van der Waals surface area contributed by atoms with Crippen LogP contribution < -0.4 is 4.72 Å². The largest absolute Gasteiger partial charge is 0.420 e. The third-order valence-electron chi connectivity index (χ3n) is 0.974. The zero-order chi connectivity index (χ0) is 5.54. The number of hydrogen-bond donors (Lipinski definition) is 1. The molecule has 0 aromatic heterocycles. The number of rotatable bonds is 4. The molecule has 0 aromatic carbocycles. The molecule has 0 aliphatic carbocycles. The summed E-state index contributed by atoms with van der Waals surface area (Å²) in [5.74, 6) is 0. The molecule has 2 heteroatoms. The van der Waals surface area contributed by atoms with E-state index in [1.165, 1.54) is 24.5 Å². The quantitative estimate of drug-likeness (QED) is 0.431. The lowest BCUT2D eigenvalue weighted by atomic mass is 10.3. The highest BCUT2D eigenvalue weighted by Gasteiger charge is 1.83. The van der Waals surface area contributed by atoms with Gasteiger partial charge in [0.1, 0.15) is 0 Å². The second-order valence-corrected chi connectivity index (χ2v) is 2.78. The maximum absolute atomic E-state index is 5.35. The van der Waals surface area contributed by atoms with Crippen LogP contribution in [0.4, 0.5) is 0 Å². The van der Waals surface area contributed by atoms with Crippen molar-refractivity contribution in [2.45, 2.75) is 31.5 Å². The van der Waals surface area contributed by atoms with Gasteiger partial charge in [0, 0.05) is 0 Å². The van der Waals surface area contributed by atoms with E-state index in [0.29, 0.717) is 0 Å². The first-order valence-corrected chi connectivity index (χ1v) is 4.43. The number of nitrogens with two attached hydrogens (primary N) is 1. The van der Waals surface area contributed by atoms with Crippen LogP contribution in [0.15, 0.2) is 0 Å². The SMILES string of the molecule is CCCC[CH2][Al][NH2]. The molecule has 0 aliphatic rings. The van der Waals surface area contributed by atoms with Crippen molar-refractivity contribution in [1.82, 2.24) is 0 Å². The van der Waals surface area contributed by atoms with Gasteiger partial charge in [-0.1, -0.05) is 31.5 Å². The molecule has 0 atom stereocenters. The van der Waals surface area contributed by atoms with Crippen molar-refractivity contribution >= 4 is 15.4 Å². The highest BCUT2D eigenvalue weighted by atomic mass is 27.1. The summed E-state index contributed by atoms with van der Waals surface area (Å²) in [6.07, 6.45) is 4.03. The summed E-state index contributed by atoms with van der Waals surface area (Å²) in [5.41, 5.74) is 0. The van der Waals surface area contributed by atoms with E-state index in [2.05, 4.69) is 6.92 Å². The first kappa shape index (κ1) is 7.49. The first-order valence-electron chi connectivity index (χ1n) is 2.95. The Morgan fingerprint density at radius 2 is 2.14 bits per heavy atom. The zero-order valence-corrected chi connectivity index (χ0v) is 6.14.